The van der Waals surface area contributed by atoms with E-state index in [0.717, 1.165) is 16.3 Å². The summed E-state index contributed by atoms with van der Waals surface area (Å²) >= 11 is 1.62. The Morgan fingerprint density at radius 3 is 2.96 bits per heavy atom. The van der Waals surface area contributed by atoms with Gasteiger partial charge in [-0.1, -0.05) is 30.3 Å². The summed E-state index contributed by atoms with van der Waals surface area (Å²) in [6, 6.07) is 10.1. The van der Waals surface area contributed by atoms with Crippen LogP contribution in [0, 0.1) is 0 Å². The van der Waals surface area contributed by atoms with Gasteiger partial charge in [0.25, 0.3) is 5.91 Å². The van der Waals surface area contributed by atoms with Gasteiger partial charge in [-0.2, -0.15) is 5.10 Å². The average molecular weight is 349 g/mol. The van der Waals surface area contributed by atoms with Crippen LogP contribution < -0.4 is 5.32 Å². The van der Waals surface area contributed by atoms with Crippen molar-refractivity contribution in [2.24, 2.45) is 0 Å². The predicted octanol–water partition coefficient (Wildman–Crippen LogP) is 2.83. The fourth-order valence-corrected chi connectivity index (χ4v) is 3.40. The molecule has 0 atom stereocenters. The molecule has 3 aromatic heterocycles. The molecule has 7 heteroatoms. The van der Waals surface area contributed by atoms with Gasteiger partial charge in [0.1, 0.15) is 5.01 Å². The molecule has 0 saturated heterocycles. The van der Waals surface area contributed by atoms with E-state index in [1.54, 1.807) is 40.6 Å². The molecule has 0 bridgehead atoms. The first-order valence-electron chi connectivity index (χ1n) is 7.86. The number of thiazole rings is 1. The van der Waals surface area contributed by atoms with Crippen LogP contribution in [0.5, 0.6) is 0 Å². The van der Waals surface area contributed by atoms with Gasteiger partial charge in [-0.3, -0.25) is 9.78 Å². The number of carbonyl (C=O) groups excluding carboxylic acids is 1. The summed E-state index contributed by atoms with van der Waals surface area (Å²) in [7, 11) is 0. The molecule has 0 aliphatic rings. The third-order valence-corrected chi connectivity index (χ3v) is 4.75. The molecule has 0 radical (unpaired) electrons. The van der Waals surface area contributed by atoms with Crippen LogP contribution in [0.4, 0.5) is 0 Å². The van der Waals surface area contributed by atoms with Crippen molar-refractivity contribution in [1.82, 2.24) is 24.9 Å². The van der Waals surface area contributed by atoms with Crippen LogP contribution >= 0.6 is 11.3 Å². The maximum absolute atomic E-state index is 12.3. The molecule has 0 aliphatic carbocycles. The van der Waals surface area contributed by atoms with Crippen molar-refractivity contribution < 1.29 is 4.79 Å². The highest BCUT2D eigenvalue weighted by atomic mass is 32.1. The molecule has 124 valence electrons. The number of carbonyl (C=O) groups is 1. The van der Waals surface area contributed by atoms with E-state index in [1.165, 1.54) is 0 Å². The molecular weight excluding hydrogens is 334 g/mol. The normalized spacial score (nSPS) is 10.9. The van der Waals surface area contributed by atoms with Crippen LogP contribution in [-0.4, -0.2) is 32.0 Å². The lowest BCUT2D eigenvalue weighted by molar-refractivity contribution is 0.0955. The van der Waals surface area contributed by atoms with E-state index in [0.29, 0.717) is 24.0 Å². The largest absolute Gasteiger partial charge is 0.352 e. The molecule has 0 spiro atoms. The molecule has 4 rings (SSSR count). The molecule has 1 N–H and O–H groups in total. The lowest BCUT2D eigenvalue weighted by atomic mass is 10.2. The van der Waals surface area contributed by atoms with E-state index in [2.05, 4.69) is 20.4 Å². The summed E-state index contributed by atoms with van der Waals surface area (Å²) in [5.41, 5.74) is 3.31. The monoisotopic (exact) mass is 349 g/mol. The first-order chi connectivity index (χ1) is 12.3. The highest BCUT2D eigenvalue weighted by molar-refractivity contribution is 7.13. The van der Waals surface area contributed by atoms with E-state index in [4.69, 9.17) is 0 Å². The number of nitrogens with zero attached hydrogens (tertiary/aromatic N) is 4. The minimum atomic E-state index is -0.151. The molecular formula is C18H15N5OS. The maximum Gasteiger partial charge on any atom is 0.255 e. The smallest absolute Gasteiger partial charge is 0.255 e. The van der Waals surface area contributed by atoms with Gasteiger partial charge in [-0.15, -0.1) is 11.3 Å². The maximum atomic E-state index is 12.3. The number of nitrogens with one attached hydrogen (secondary N) is 1. The fourth-order valence-electron chi connectivity index (χ4n) is 2.54. The molecule has 25 heavy (non-hydrogen) atoms. The molecule has 1 aromatic carbocycles. The Labute approximate surface area is 148 Å². The fraction of sp³-hybridized carbons (Fsp3) is 0.111. The minimum Gasteiger partial charge on any atom is -0.352 e. The minimum absolute atomic E-state index is 0.151. The summed E-state index contributed by atoms with van der Waals surface area (Å²) in [5.74, 6) is -0.151. The Morgan fingerprint density at radius 1 is 1.20 bits per heavy atom. The number of rotatable bonds is 5. The number of fused-ring (bicyclic) bond motifs is 1. The number of aromatic nitrogens is 4. The zero-order valence-electron chi connectivity index (χ0n) is 13.3. The van der Waals surface area contributed by atoms with Crippen LogP contribution in [-0.2, 0) is 6.42 Å². The van der Waals surface area contributed by atoms with E-state index in [-0.39, 0.29) is 5.91 Å². The van der Waals surface area contributed by atoms with Crippen LogP contribution in [0.25, 0.3) is 16.1 Å². The van der Waals surface area contributed by atoms with Gasteiger partial charge in [0.2, 0.25) is 0 Å². The summed E-state index contributed by atoms with van der Waals surface area (Å²) in [5, 5.41) is 10.1. The predicted molar refractivity (Wildman–Crippen MR) is 96.6 cm³/mol. The van der Waals surface area contributed by atoms with Crippen molar-refractivity contribution >= 4 is 22.8 Å². The van der Waals surface area contributed by atoms with Crippen LogP contribution in [0.15, 0.2) is 60.5 Å². The summed E-state index contributed by atoms with van der Waals surface area (Å²) in [4.78, 5) is 21.0. The van der Waals surface area contributed by atoms with Crippen molar-refractivity contribution in [3.05, 3.63) is 71.8 Å². The Hall–Kier alpha value is -3.06. The van der Waals surface area contributed by atoms with E-state index >= 15 is 0 Å². The molecule has 0 fully saturated rings. The topological polar surface area (TPSA) is 72.2 Å². The van der Waals surface area contributed by atoms with Crippen molar-refractivity contribution in [2.75, 3.05) is 6.54 Å². The van der Waals surface area contributed by atoms with Crippen LogP contribution in [0.2, 0.25) is 0 Å². The van der Waals surface area contributed by atoms with E-state index in [1.807, 2.05) is 35.7 Å². The lowest BCUT2D eigenvalue weighted by Crippen LogP contribution is -2.25. The molecule has 0 aliphatic heterocycles. The van der Waals surface area contributed by atoms with E-state index in [9.17, 15) is 4.79 Å². The first-order valence-corrected chi connectivity index (χ1v) is 8.74. The number of benzene rings is 1. The van der Waals surface area contributed by atoms with Gasteiger partial charge in [0.05, 0.1) is 29.2 Å². The van der Waals surface area contributed by atoms with Crippen molar-refractivity contribution in [1.29, 1.82) is 0 Å². The highest BCUT2D eigenvalue weighted by Crippen LogP contribution is 2.23. The standard InChI is InChI=1S/C18H15N5OS/c24-17(15-10-21-23-9-8-19-11-16(15)23)20-7-6-14-12-25-18(22-14)13-4-2-1-3-5-13/h1-5,8-12H,6-7H2,(H,20,24). The lowest BCUT2D eigenvalue weighted by Gasteiger charge is -2.02. The molecule has 4 aromatic rings. The SMILES string of the molecule is O=C(NCCc1csc(-c2ccccc2)n1)c1cnn2ccncc12. The molecule has 0 unspecified atom stereocenters. The zero-order chi connectivity index (χ0) is 17.1. The second kappa shape index (κ2) is 6.82. The Bertz CT molecular complexity index is 1010. The molecule has 3 heterocycles. The second-order valence-corrected chi connectivity index (χ2v) is 6.34. The summed E-state index contributed by atoms with van der Waals surface area (Å²) in [6.45, 7) is 0.522. The molecule has 1 amide bonds. The van der Waals surface area contributed by atoms with Gasteiger partial charge < -0.3 is 5.32 Å². The average Bonchev–Trinajstić information content (AvgIpc) is 3.29. The Kier molecular flexibility index (Phi) is 4.22. The van der Waals surface area contributed by atoms with Gasteiger partial charge in [-0.25, -0.2) is 9.50 Å². The highest BCUT2D eigenvalue weighted by Gasteiger charge is 2.12. The van der Waals surface area contributed by atoms with Crippen molar-refractivity contribution in [3.8, 4) is 10.6 Å². The Balaban J connectivity index is 1.38. The first kappa shape index (κ1) is 15.5. The Morgan fingerprint density at radius 2 is 2.08 bits per heavy atom. The molecule has 6 nitrogen and oxygen atoms in total. The van der Waals surface area contributed by atoms with Crippen molar-refractivity contribution in [3.63, 3.8) is 0 Å². The summed E-state index contributed by atoms with van der Waals surface area (Å²) in [6.07, 6.45) is 7.23. The number of hydrogen-bond acceptors (Lipinski definition) is 5. The third-order valence-electron chi connectivity index (χ3n) is 3.81. The van der Waals surface area contributed by atoms with Gasteiger partial charge in [-0.05, 0) is 0 Å². The number of amides is 1. The van der Waals surface area contributed by atoms with Gasteiger partial charge >= 0.3 is 0 Å². The zero-order valence-corrected chi connectivity index (χ0v) is 14.1. The quantitative estimate of drug-likeness (QED) is 0.601. The van der Waals surface area contributed by atoms with Gasteiger partial charge in [0, 0.05) is 36.3 Å². The van der Waals surface area contributed by atoms with Crippen LogP contribution in [0.3, 0.4) is 0 Å². The van der Waals surface area contributed by atoms with Gasteiger partial charge in [0.15, 0.2) is 0 Å². The summed E-state index contributed by atoms with van der Waals surface area (Å²) < 4.78 is 1.63. The van der Waals surface area contributed by atoms with Crippen LogP contribution in [0.1, 0.15) is 16.1 Å². The van der Waals surface area contributed by atoms with Crippen molar-refractivity contribution in [2.45, 2.75) is 6.42 Å². The van der Waals surface area contributed by atoms with E-state index < -0.39 is 0 Å². The molecule has 0 saturated carbocycles. The number of hydrogen-bond donors (Lipinski definition) is 1. The third kappa shape index (κ3) is 3.27. The second-order valence-electron chi connectivity index (χ2n) is 5.48.